The van der Waals surface area contributed by atoms with Gasteiger partial charge in [-0.15, -0.1) is 0 Å². The summed E-state index contributed by atoms with van der Waals surface area (Å²) < 4.78 is 12.3. The van der Waals surface area contributed by atoms with E-state index in [-0.39, 0.29) is 70.2 Å². The fourth-order valence-electron chi connectivity index (χ4n) is 9.33. The summed E-state index contributed by atoms with van der Waals surface area (Å²) in [5, 5.41) is 15.6. The number of unbranched alkanes of at least 4 members (excludes halogenated alkanes) is 2. The van der Waals surface area contributed by atoms with E-state index in [1.54, 1.807) is 55.1 Å². The van der Waals surface area contributed by atoms with Crippen LogP contribution in [0.15, 0.2) is 39.3 Å². The number of carboxylic acids is 1. The molecule has 2 aliphatic heterocycles. The van der Waals surface area contributed by atoms with Gasteiger partial charge in [0.1, 0.15) is 27.1 Å². The monoisotopic (exact) mass is 1080 g/mol. The number of carboxylic acid groups (broad SMARTS) is 1. The highest BCUT2D eigenvalue weighted by atomic mass is 79.9. The number of carbonyl (C=O) groups is 8. The van der Waals surface area contributed by atoms with Crippen molar-refractivity contribution in [1.29, 1.82) is 0 Å². The number of benzene rings is 1. The summed E-state index contributed by atoms with van der Waals surface area (Å²) >= 11 is 6.25. The predicted octanol–water partition coefficient (Wildman–Crippen LogP) is 5.27. The van der Waals surface area contributed by atoms with Crippen molar-refractivity contribution in [2.45, 2.75) is 149 Å². The van der Waals surface area contributed by atoms with Gasteiger partial charge >= 0.3 is 5.97 Å². The van der Waals surface area contributed by atoms with Crippen LogP contribution in [0.5, 0.6) is 0 Å². The van der Waals surface area contributed by atoms with Crippen molar-refractivity contribution in [2.75, 3.05) is 41.4 Å². The van der Waals surface area contributed by atoms with Gasteiger partial charge in [-0.25, -0.2) is 4.79 Å². The molecule has 3 rings (SSSR count). The Balaban J connectivity index is 1.70. The molecular weight excluding hydrogens is 1010 g/mol. The van der Waals surface area contributed by atoms with Gasteiger partial charge in [0.25, 0.3) is 11.8 Å². The van der Waals surface area contributed by atoms with Crippen LogP contribution in [-0.2, 0) is 54.3 Å². The van der Waals surface area contributed by atoms with Gasteiger partial charge in [-0.05, 0) is 80.9 Å². The third kappa shape index (κ3) is 14.9. The molecule has 0 aliphatic carbocycles. The van der Waals surface area contributed by atoms with E-state index < -0.39 is 77.9 Å². The van der Waals surface area contributed by atoms with Crippen molar-refractivity contribution in [1.82, 2.24) is 30.2 Å². The molecule has 7 amide bonds. The Morgan fingerprint density at radius 3 is 1.99 bits per heavy atom. The maximum absolute atomic E-state index is 14.6. The molecule has 9 atom stereocenters. The number of rotatable bonds is 27. The Morgan fingerprint density at radius 2 is 1.46 bits per heavy atom. The molecule has 0 spiro atoms. The van der Waals surface area contributed by atoms with E-state index in [1.165, 1.54) is 19.1 Å². The summed E-state index contributed by atoms with van der Waals surface area (Å²) in [6, 6.07) is 4.93. The van der Waals surface area contributed by atoms with Crippen molar-refractivity contribution in [3.05, 3.63) is 44.9 Å². The van der Waals surface area contributed by atoms with Gasteiger partial charge in [-0.2, -0.15) is 0 Å². The van der Waals surface area contributed by atoms with Gasteiger partial charge in [-0.1, -0.05) is 91.6 Å². The second-order valence-electron chi connectivity index (χ2n) is 18.8. The molecule has 17 nitrogen and oxygen atoms in total. The van der Waals surface area contributed by atoms with Crippen LogP contribution >= 0.6 is 31.9 Å². The zero-order chi connectivity index (χ0) is 51.2. The lowest BCUT2D eigenvalue weighted by molar-refractivity contribution is -0.149. The minimum atomic E-state index is -1.16. The fraction of sp³-hybridized carbons (Fsp3) is 0.673. The van der Waals surface area contributed by atoms with E-state index >= 15 is 0 Å². The second-order valence-corrected chi connectivity index (χ2v) is 20.4. The van der Waals surface area contributed by atoms with E-state index in [9.17, 15) is 43.5 Å². The van der Waals surface area contributed by atoms with Crippen molar-refractivity contribution in [3.63, 3.8) is 0 Å². The maximum atomic E-state index is 14.6. The molecule has 380 valence electrons. The molecule has 0 radical (unpaired) electrons. The van der Waals surface area contributed by atoms with E-state index in [0.29, 0.717) is 45.1 Å². The summed E-state index contributed by atoms with van der Waals surface area (Å²) in [7, 11) is 6.20. The summed E-state index contributed by atoms with van der Waals surface area (Å²) in [5.74, 6) is -5.44. The first kappa shape index (κ1) is 58.1. The number of imide groups is 1. The molecule has 4 unspecified atom stereocenters. The number of nitrogens with zero attached hydrogens (tertiary/aromatic N) is 4. The molecule has 1 aromatic rings. The third-order valence-electron chi connectivity index (χ3n) is 13.4. The molecule has 2 aliphatic rings. The number of aliphatic carboxylic acids is 1. The number of amides is 7. The number of hydrogen-bond acceptors (Lipinski definition) is 10. The smallest absolute Gasteiger partial charge is 0.326 e. The van der Waals surface area contributed by atoms with Crippen LogP contribution < -0.4 is 10.6 Å². The third-order valence-corrected chi connectivity index (χ3v) is 15.4. The SMILES string of the molecule is CC[C@H](C)[C@@H]([C@@H](CC(=O)N1CCCC1[C@H](OC)[C@@H](C)C(=O)NC(Cc1ccccc1)C(=O)O)OC)N(C)C(=O)C(NC(=O)C(C(C)C)N(C)C(=O)CCCCCN1C(=O)C(Br)=C(Br)C1=O)C(C)C. The standard InChI is InChI=1S/C49H74Br2N6O11/c1-12-30(6)42(35(67-10)27-37(59)56-25-19-22-34(56)43(68-11)31(7)44(60)52-33(49(65)66)26-32-20-15-13-16-21-32)55(9)48(64)40(28(2)3)53-45(61)41(29(4)5)54(8)36(58)23-17-14-18-24-57-46(62)38(50)39(51)47(57)63/h13,15-16,20-21,28-31,33-35,40-43H,12,14,17-19,22-27H2,1-11H3,(H,52,60)(H,53,61)(H,65,66)/t30-,31+,33?,34?,35+,40?,41?,42-,43+/m0/s1. The zero-order valence-corrected chi connectivity index (χ0v) is 44.8. The van der Waals surface area contributed by atoms with E-state index in [1.807, 2.05) is 47.6 Å². The van der Waals surface area contributed by atoms with Crippen LogP contribution in [0.1, 0.15) is 105 Å². The van der Waals surface area contributed by atoms with E-state index in [2.05, 4.69) is 42.5 Å². The molecule has 68 heavy (non-hydrogen) atoms. The first-order valence-electron chi connectivity index (χ1n) is 23.7. The quantitative estimate of drug-likeness (QED) is 0.0763. The molecule has 3 N–H and O–H groups in total. The number of likely N-dealkylation sites (tertiary alicyclic amines) is 1. The van der Waals surface area contributed by atoms with Crippen LogP contribution in [0, 0.1) is 23.7 Å². The lowest BCUT2D eigenvalue weighted by atomic mass is 9.89. The predicted molar refractivity (Wildman–Crippen MR) is 264 cm³/mol. The van der Waals surface area contributed by atoms with Crippen LogP contribution in [0.4, 0.5) is 0 Å². The molecular formula is C49H74Br2N6O11. The second kappa shape index (κ2) is 27.3. The lowest BCUT2D eigenvalue weighted by Gasteiger charge is -2.41. The van der Waals surface area contributed by atoms with Gasteiger partial charge in [0, 0.05) is 54.2 Å². The van der Waals surface area contributed by atoms with Crippen molar-refractivity contribution >= 4 is 79.2 Å². The van der Waals surface area contributed by atoms with Gasteiger partial charge in [0.05, 0.1) is 36.6 Å². The molecule has 2 heterocycles. The maximum Gasteiger partial charge on any atom is 0.326 e. The van der Waals surface area contributed by atoms with E-state index in [0.717, 1.165) is 10.5 Å². The Hall–Kier alpha value is -4.20. The summed E-state index contributed by atoms with van der Waals surface area (Å²) in [4.78, 5) is 113. The number of carbonyl (C=O) groups excluding carboxylic acids is 7. The van der Waals surface area contributed by atoms with Crippen molar-refractivity contribution < 1.29 is 52.9 Å². The lowest BCUT2D eigenvalue weighted by Crippen LogP contribution is -2.60. The molecule has 0 bridgehead atoms. The molecule has 1 fully saturated rings. The number of halogens is 2. The topological polar surface area (TPSA) is 212 Å². The van der Waals surface area contributed by atoms with Gasteiger partial charge in [0.2, 0.25) is 29.5 Å². The van der Waals surface area contributed by atoms with Crippen molar-refractivity contribution in [3.8, 4) is 0 Å². The Kier molecular flexibility index (Phi) is 23.3. The molecule has 1 saturated heterocycles. The van der Waals surface area contributed by atoms with Crippen LogP contribution in [0.3, 0.4) is 0 Å². The average Bonchev–Trinajstić information content (AvgIpc) is 3.86. The van der Waals surface area contributed by atoms with Crippen molar-refractivity contribution in [2.24, 2.45) is 23.7 Å². The summed E-state index contributed by atoms with van der Waals surface area (Å²) in [6.07, 6.45) is 2.09. The van der Waals surface area contributed by atoms with Gasteiger partial charge in [-0.3, -0.25) is 38.5 Å². The summed E-state index contributed by atoms with van der Waals surface area (Å²) in [6.45, 7) is 13.6. The zero-order valence-electron chi connectivity index (χ0n) is 41.6. The number of ether oxygens (including phenoxy) is 2. The highest BCUT2D eigenvalue weighted by Crippen LogP contribution is 2.31. The first-order chi connectivity index (χ1) is 32.0. The van der Waals surface area contributed by atoms with Crippen LogP contribution in [-0.4, -0.2) is 156 Å². The Labute approximate surface area is 419 Å². The average molecular weight is 1080 g/mol. The van der Waals surface area contributed by atoms with Gasteiger partial charge < -0.3 is 39.9 Å². The molecule has 0 aromatic heterocycles. The highest BCUT2D eigenvalue weighted by molar-refractivity contribution is 9.14. The minimum Gasteiger partial charge on any atom is -0.480 e. The van der Waals surface area contributed by atoms with Gasteiger partial charge in [0.15, 0.2) is 0 Å². The minimum absolute atomic E-state index is 0.0862. The summed E-state index contributed by atoms with van der Waals surface area (Å²) in [5.41, 5.74) is 0.761. The number of methoxy groups -OCH3 is 2. The fourth-order valence-corrected chi connectivity index (χ4v) is 10.1. The molecule has 19 heteroatoms. The number of hydrogen-bond donors (Lipinski definition) is 3. The number of likely N-dealkylation sites (N-methyl/N-ethyl adjacent to an activating group) is 2. The largest absolute Gasteiger partial charge is 0.480 e. The first-order valence-corrected chi connectivity index (χ1v) is 25.3. The van der Waals surface area contributed by atoms with E-state index in [4.69, 9.17) is 9.47 Å². The Bertz CT molecular complexity index is 1940. The Morgan fingerprint density at radius 1 is 0.838 bits per heavy atom. The normalized spacial score (nSPS) is 18.8. The number of nitrogens with one attached hydrogen (secondary N) is 2. The molecule has 0 saturated carbocycles. The van der Waals surface area contributed by atoms with Crippen LogP contribution in [0.2, 0.25) is 0 Å². The van der Waals surface area contributed by atoms with Crippen LogP contribution in [0.25, 0.3) is 0 Å². The highest BCUT2D eigenvalue weighted by Gasteiger charge is 2.44. The molecule has 1 aromatic carbocycles.